The molecule has 0 radical (unpaired) electrons. The Labute approximate surface area is 96.2 Å². The number of piperidine rings is 1. The molecule has 0 aromatic carbocycles. The number of nitrogens with zero attached hydrogens (tertiary/aromatic N) is 3. The lowest BCUT2D eigenvalue weighted by atomic mass is 9.82. The molecule has 5 heteroatoms. The lowest BCUT2D eigenvalue weighted by Crippen LogP contribution is -2.43. The maximum atomic E-state index is 5.10. The Bertz CT molecular complexity index is 330. The van der Waals surface area contributed by atoms with Gasteiger partial charge >= 0.3 is 0 Å². The van der Waals surface area contributed by atoms with Crippen LogP contribution in [0.2, 0.25) is 0 Å². The molecular weight excluding hydrogens is 204 g/mol. The maximum Gasteiger partial charge on any atom is 0.140 e. The predicted molar refractivity (Wildman–Crippen MR) is 61.4 cm³/mol. The highest BCUT2D eigenvalue weighted by molar-refractivity contribution is 5.08. The topological polar surface area (TPSA) is 52.0 Å². The van der Waals surface area contributed by atoms with Crippen molar-refractivity contribution in [1.29, 1.82) is 0 Å². The quantitative estimate of drug-likeness (QED) is 0.812. The Morgan fingerprint density at radius 3 is 3.19 bits per heavy atom. The molecule has 2 rings (SSSR count). The van der Waals surface area contributed by atoms with Gasteiger partial charge in [0.1, 0.15) is 12.2 Å². The van der Waals surface area contributed by atoms with E-state index < -0.39 is 0 Å². The van der Waals surface area contributed by atoms with Gasteiger partial charge in [-0.2, -0.15) is 0 Å². The first-order valence-corrected chi connectivity index (χ1v) is 5.84. The van der Waals surface area contributed by atoms with Crippen molar-refractivity contribution in [2.75, 3.05) is 26.8 Å². The summed E-state index contributed by atoms with van der Waals surface area (Å²) < 4.78 is 7.21. The summed E-state index contributed by atoms with van der Waals surface area (Å²) in [6, 6.07) is 0. The fourth-order valence-electron chi connectivity index (χ4n) is 2.32. The first-order valence-electron chi connectivity index (χ1n) is 5.84. The summed E-state index contributed by atoms with van der Waals surface area (Å²) in [4.78, 5) is 0. The Morgan fingerprint density at radius 1 is 1.62 bits per heavy atom. The van der Waals surface area contributed by atoms with E-state index in [0.717, 1.165) is 25.5 Å². The molecule has 0 spiro atoms. The van der Waals surface area contributed by atoms with Crippen molar-refractivity contribution in [1.82, 2.24) is 20.1 Å². The number of nitrogens with one attached hydrogen (secondary N) is 1. The van der Waals surface area contributed by atoms with Crippen LogP contribution in [0.4, 0.5) is 0 Å². The van der Waals surface area contributed by atoms with Gasteiger partial charge in [0.15, 0.2) is 0 Å². The van der Waals surface area contributed by atoms with E-state index in [1.54, 1.807) is 13.4 Å². The molecule has 1 aromatic rings. The fourth-order valence-corrected chi connectivity index (χ4v) is 2.32. The predicted octanol–water partition coefficient (Wildman–Crippen LogP) is 0.566. The van der Waals surface area contributed by atoms with Gasteiger partial charge < -0.3 is 14.6 Å². The van der Waals surface area contributed by atoms with Gasteiger partial charge in [-0.3, -0.25) is 0 Å². The average molecular weight is 224 g/mol. The van der Waals surface area contributed by atoms with Crippen molar-refractivity contribution in [3.8, 4) is 0 Å². The molecule has 1 N–H and O–H groups in total. The van der Waals surface area contributed by atoms with Crippen LogP contribution in [0.5, 0.6) is 0 Å². The molecule has 0 bridgehead atoms. The number of aromatic nitrogens is 3. The van der Waals surface area contributed by atoms with Crippen LogP contribution in [0, 0.1) is 0 Å². The summed E-state index contributed by atoms with van der Waals surface area (Å²) in [7, 11) is 1.72. The zero-order valence-corrected chi connectivity index (χ0v) is 10.1. The van der Waals surface area contributed by atoms with Crippen molar-refractivity contribution >= 4 is 0 Å². The van der Waals surface area contributed by atoms with Crippen LogP contribution in [0.15, 0.2) is 6.33 Å². The van der Waals surface area contributed by atoms with E-state index in [9.17, 15) is 0 Å². The van der Waals surface area contributed by atoms with Crippen molar-refractivity contribution in [3.63, 3.8) is 0 Å². The number of rotatable bonds is 4. The maximum absolute atomic E-state index is 5.10. The van der Waals surface area contributed by atoms with E-state index in [1.807, 2.05) is 0 Å². The van der Waals surface area contributed by atoms with Crippen LogP contribution in [-0.4, -0.2) is 41.6 Å². The molecule has 1 atom stereocenters. The third-order valence-electron chi connectivity index (χ3n) is 3.29. The molecule has 1 saturated heterocycles. The Hall–Kier alpha value is -0.940. The largest absolute Gasteiger partial charge is 0.383 e. The second-order valence-corrected chi connectivity index (χ2v) is 4.68. The Balaban J connectivity index is 2.15. The van der Waals surface area contributed by atoms with Crippen molar-refractivity contribution in [3.05, 3.63) is 12.2 Å². The smallest absolute Gasteiger partial charge is 0.140 e. The molecule has 1 aliphatic rings. The van der Waals surface area contributed by atoms with Crippen LogP contribution in [0.3, 0.4) is 0 Å². The fraction of sp³-hybridized carbons (Fsp3) is 0.818. The molecule has 90 valence electrons. The van der Waals surface area contributed by atoms with Crippen LogP contribution in [0.25, 0.3) is 0 Å². The van der Waals surface area contributed by atoms with Gasteiger partial charge in [-0.25, -0.2) is 0 Å². The summed E-state index contributed by atoms with van der Waals surface area (Å²) >= 11 is 0. The van der Waals surface area contributed by atoms with Gasteiger partial charge in [-0.1, -0.05) is 6.92 Å². The lowest BCUT2D eigenvalue weighted by molar-refractivity contribution is 0.183. The first-order chi connectivity index (χ1) is 7.76. The zero-order chi connectivity index (χ0) is 11.4. The summed E-state index contributed by atoms with van der Waals surface area (Å²) in [6.45, 7) is 5.88. The second-order valence-electron chi connectivity index (χ2n) is 4.68. The Kier molecular flexibility index (Phi) is 3.56. The standard InChI is InChI=1S/C11H20N4O/c1-11(4-3-5-12-8-11)10-14-13-9-15(10)6-7-16-2/h9,12H,3-8H2,1-2H3. The van der Waals surface area contributed by atoms with E-state index in [2.05, 4.69) is 27.0 Å². The lowest BCUT2D eigenvalue weighted by Gasteiger charge is -2.33. The average Bonchev–Trinajstić information content (AvgIpc) is 2.76. The van der Waals surface area contributed by atoms with Crippen LogP contribution in [0.1, 0.15) is 25.6 Å². The van der Waals surface area contributed by atoms with Gasteiger partial charge in [-0.05, 0) is 19.4 Å². The summed E-state index contributed by atoms with van der Waals surface area (Å²) in [5.41, 5.74) is 0.114. The van der Waals surface area contributed by atoms with Crippen LogP contribution >= 0.6 is 0 Å². The normalized spacial score (nSPS) is 25.9. The third-order valence-corrected chi connectivity index (χ3v) is 3.29. The van der Waals surface area contributed by atoms with E-state index in [4.69, 9.17) is 4.74 Å². The molecule has 1 aliphatic heterocycles. The van der Waals surface area contributed by atoms with E-state index in [0.29, 0.717) is 6.61 Å². The molecule has 0 aliphatic carbocycles. The van der Waals surface area contributed by atoms with Gasteiger partial charge in [0.25, 0.3) is 0 Å². The molecule has 0 amide bonds. The van der Waals surface area contributed by atoms with Gasteiger partial charge in [-0.15, -0.1) is 10.2 Å². The minimum Gasteiger partial charge on any atom is -0.383 e. The number of hydrogen-bond acceptors (Lipinski definition) is 4. The zero-order valence-electron chi connectivity index (χ0n) is 10.1. The van der Waals surface area contributed by atoms with E-state index >= 15 is 0 Å². The summed E-state index contributed by atoms with van der Waals surface area (Å²) in [5, 5.41) is 11.7. The van der Waals surface area contributed by atoms with Crippen molar-refractivity contribution in [2.45, 2.75) is 31.7 Å². The first kappa shape index (κ1) is 11.5. The minimum atomic E-state index is 0.114. The summed E-state index contributed by atoms with van der Waals surface area (Å²) in [5.74, 6) is 1.08. The van der Waals surface area contributed by atoms with Crippen LogP contribution in [-0.2, 0) is 16.7 Å². The molecule has 1 aromatic heterocycles. The second kappa shape index (κ2) is 4.93. The van der Waals surface area contributed by atoms with Crippen molar-refractivity contribution < 1.29 is 4.74 Å². The molecule has 1 unspecified atom stereocenters. The number of hydrogen-bond donors (Lipinski definition) is 1. The van der Waals surface area contributed by atoms with Gasteiger partial charge in [0.2, 0.25) is 0 Å². The SMILES string of the molecule is COCCn1cnnc1C1(C)CCCNC1. The highest BCUT2D eigenvalue weighted by atomic mass is 16.5. The Morgan fingerprint density at radius 2 is 2.50 bits per heavy atom. The van der Waals surface area contributed by atoms with E-state index in [-0.39, 0.29) is 5.41 Å². The van der Waals surface area contributed by atoms with E-state index in [1.165, 1.54) is 12.8 Å². The molecule has 1 fully saturated rings. The highest BCUT2D eigenvalue weighted by Crippen LogP contribution is 2.28. The number of methoxy groups -OCH3 is 1. The molecule has 0 saturated carbocycles. The third kappa shape index (κ3) is 2.25. The number of ether oxygens (including phenoxy) is 1. The monoisotopic (exact) mass is 224 g/mol. The van der Waals surface area contributed by atoms with Crippen LogP contribution < -0.4 is 5.32 Å². The molecule has 16 heavy (non-hydrogen) atoms. The summed E-state index contributed by atoms with van der Waals surface area (Å²) in [6.07, 6.45) is 4.17. The molecular formula is C11H20N4O. The van der Waals surface area contributed by atoms with Gasteiger partial charge in [0.05, 0.1) is 6.61 Å². The molecule has 5 nitrogen and oxygen atoms in total. The molecule has 2 heterocycles. The highest BCUT2D eigenvalue weighted by Gasteiger charge is 2.33. The van der Waals surface area contributed by atoms with Gasteiger partial charge in [0, 0.05) is 25.6 Å². The van der Waals surface area contributed by atoms with Crippen molar-refractivity contribution in [2.24, 2.45) is 0 Å². The minimum absolute atomic E-state index is 0.114.